The van der Waals surface area contributed by atoms with Gasteiger partial charge < -0.3 is 5.32 Å². The standard InChI is InChI=1S/C15H18N2S/c1-3-16-15-10-14(7-8-17-15)18-11-13-6-4-5-12(2)9-13/h4-10H,3,11H2,1-2H3,(H,16,17). The van der Waals surface area contributed by atoms with Crippen LogP contribution in [0.2, 0.25) is 0 Å². The highest BCUT2D eigenvalue weighted by atomic mass is 32.2. The third-order valence-electron chi connectivity index (χ3n) is 2.58. The number of rotatable bonds is 5. The van der Waals surface area contributed by atoms with Crippen molar-refractivity contribution < 1.29 is 0 Å². The largest absolute Gasteiger partial charge is 0.370 e. The van der Waals surface area contributed by atoms with Crippen molar-refractivity contribution in [1.82, 2.24) is 4.98 Å². The lowest BCUT2D eigenvalue weighted by molar-refractivity contribution is 1.14. The third-order valence-corrected chi connectivity index (χ3v) is 3.64. The monoisotopic (exact) mass is 258 g/mol. The fourth-order valence-corrected chi connectivity index (χ4v) is 2.61. The highest BCUT2D eigenvalue weighted by Crippen LogP contribution is 2.24. The van der Waals surface area contributed by atoms with E-state index < -0.39 is 0 Å². The van der Waals surface area contributed by atoms with Gasteiger partial charge in [0.15, 0.2) is 0 Å². The molecule has 0 saturated heterocycles. The van der Waals surface area contributed by atoms with E-state index in [0.717, 1.165) is 18.1 Å². The van der Waals surface area contributed by atoms with Crippen molar-refractivity contribution in [3.63, 3.8) is 0 Å². The molecule has 1 N–H and O–H groups in total. The number of thioether (sulfide) groups is 1. The van der Waals surface area contributed by atoms with Gasteiger partial charge in [-0.1, -0.05) is 29.8 Å². The van der Waals surface area contributed by atoms with Gasteiger partial charge in [0.05, 0.1) is 0 Å². The second-order valence-corrected chi connectivity index (χ2v) is 5.23. The number of nitrogens with zero attached hydrogens (tertiary/aromatic N) is 1. The normalized spacial score (nSPS) is 10.3. The van der Waals surface area contributed by atoms with Gasteiger partial charge in [-0.15, -0.1) is 11.8 Å². The highest BCUT2D eigenvalue weighted by Gasteiger charge is 1.99. The SMILES string of the molecule is CCNc1cc(SCc2cccc(C)c2)ccn1. The molecule has 2 rings (SSSR count). The molecule has 2 nitrogen and oxygen atoms in total. The van der Waals surface area contributed by atoms with Crippen molar-refractivity contribution in [3.8, 4) is 0 Å². The average molecular weight is 258 g/mol. The van der Waals surface area contributed by atoms with Crippen molar-refractivity contribution >= 4 is 17.6 Å². The lowest BCUT2D eigenvalue weighted by atomic mass is 10.2. The lowest BCUT2D eigenvalue weighted by Gasteiger charge is -2.06. The zero-order chi connectivity index (χ0) is 12.8. The minimum Gasteiger partial charge on any atom is -0.370 e. The molecule has 2 aromatic rings. The van der Waals surface area contributed by atoms with Crippen LogP contribution in [0, 0.1) is 6.92 Å². The Morgan fingerprint density at radius 1 is 1.22 bits per heavy atom. The molecule has 0 aliphatic rings. The number of hydrogen-bond acceptors (Lipinski definition) is 3. The molecule has 0 amide bonds. The van der Waals surface area contributed by atoms with E-state index in [0.29, 0.717) is 0 Å². The van der Waals surface area contributed by atoms with Crippen LogP contribution in [0.4, 0.5) is 5.82 Å². The molecular formula is C15H18N2S. The Kier molecular flexibility index (Phi) is 4.65. The van der Waals surface area contributed by atoms with Crippen molar-refractivity contribution in [1.29, 1.82) is 0 Å². The molecule has 94 valence electrons. The maximum absolute atomic E-state index is 4.27. The number of aromatic nitrogens is 1. The van der Waals surface area contributed by atoms with Crippen LogP contribution in [-0.2, 0) is 5.75 Å². The van der Waals surface area contributed by atoms with Gasteiger partial charge in [-0.05, 0) is 31.5 Å². The van der Waals surface area contributed by atoms with Crippen molar-refractivity contribution in [2.24, 2.45) is 0 Å². The Labute approximate surface area is 113 Å². The fraction of sp³-hybridized carbons (Fsp3) is 0.267. The molecule has 0 aliphatic heterocycles. The van der Waals surface area contributed by atoms with Crippen molar-refractivity contribution in [2.75, 3.05) is 11.9 Å². The second kappa shape index (κ2) is 6.45. The Morgan fingerprint density at radius 2 is 2.11 bits per heavy atom. The van der Waals surface area contributed by atoms with Crippen LogP contribution in [0.1, 0.15) is 18.1 Å². The fourth-order valence-electron chi connectivity index (χ4n) is 1.75. The minimum atomic E-state index is 0.902. The van der Waals surface area contributed by atoms with Gasteiger partial charge in [0, 0.05) is 23.4 Å². The van der Waals surface area contributed by atoms with E-state index in [1.54, 1.807) is 0 Å². The molecule has 0 fully saturated rings. The summed E-state index contributed by atoms with van der Waals surface area (Å²) in [6.45, 7) is 5.11. The van der Waals surface area contributed by atoms with E-state index in [-0.39, 0.29) is 0 Å². The van der Waals surface area contributed by atoms with Gasteiger partial charge in [-0.2, -0.15) is 0 Å². The Morgan fingerprint density at radius 3 is 2.89 bits per heavy atom. The van der Waals surface area contributed by atoms with Crippen LogP contribution >= 0.6 is 11.8 Å². The molecule has 1 aromatic carbocycles. The molecule has 1 heterocycles. The number of nitrogens with one attached hydrogen (secondary N) is 1. The predicted octanol–water partition coefficient (Wildman–Crippen LogP) is 4.11. The maximum Gasteiger partial charge on any atom is 0.126 e. The number of pyridine rings is 1. The molecule has 1 aromatic heterocycles. The van der Waals surface area contributed by atoms with Gasteiger partial charge >= 0.3 is 0 Å². The minimum absolute atomic E-state index is 0.902. The van der Waals surface area contributed by atoms with Crippen LogP contribution in [0.15, 0.2) is 47.5 Å². The zero-order valence-corrected chi connectivity index (χ0v) is 11.6. The van der Waals surface area contributed by atoms with Crippen LogP contribution in [0.25, 0.3) is 0 Å². The lowest BCUT2D eigenvalue weighted by Crippen LogP contribution is -1.98. The van der Waals surface area contributed by atoms with Gasteiger partial charge in [-0.25, -0.2) is 4.98 Å². The first-order chi connectivity index (χ1) is 8.78. The quantitative estimate of drug-likeness (QED) is 0.817. The number of anilines is 1. The van der Waals surface area contributed by atoms with Crippen LogP contribution in [-0.4, -0.2) is 11.5 Å². The van der Waals surface area contributed by atoms with E-state index in [2.05, 4.69) is 60.5 Å². The zero-order valence-electron chi connectivity index (χ0n) is 10.8. The summed E-state index contributed by atoms with van der Waals surface area (Å²) in [4.78, 5) is 5.53. The predicted molar refractivity (Wildman–Crippen MR) is 79.1 cm³/mol. The van der Waals surface area contributed by atoms with Crippen molar-refractivity contribution in [3.05, 3.63) is 53.7 Å². The summed E-state index contributed by atoms with van der Waals surface area (Å²) >= 11 is 1.84. The van der Waals surface area contributed by atoms with Gasteiger partial charge in [0.25, 0.3) is 0 Å². The molecule has 0 saturated carbocycles. The summed E-state index contributed by atoms with van der Waals surface area (Å²) in [5.41, 5.74) is 2.68. The topological polar surface area (TPSA) is 24.9 Å². The second-order valence-electron chi connectivity index (χ2n) is 4.18. The number of aryl methyl sites for hydroxylation is 1. The average Bonchev–Trinajstić information content (AvgIpc) is 2.37. The van der Waals surface area contributed by atoms with E-state index >= 15 is 0 Å². The Balaban J connectivity index is 1.99. The summed E-state index contributed by atoms with van der Waals surface area (Å²) in [6, 6.07) is 12.8. The molecule has 0 aliphatic carbocycles. The summed E-state index contributed by atoms with van der Waals surface area (Å²) < 4.78 is 0. The summed E-state index contributed by atoms with van der Waals surface area (Å²) in [7, 11) is 0. The van der Waals surface area contributed by atoms with Gasteiger partial charge in [-0.3, -0.25) is 0 Å². The highest BCUT2D eigenvalue weighted by molar-refractivity contribution is 7.98. The van der Waals surface area contributed by atoms with Crippen LogP contribution in [0.5, 0.6) is 0 Å². The first kappa shape index (κ1) is 13.0. The van der Waals surface area contributed by atoms with Crippen LogP contribution in [0.3, 0.4) is 0 Å². The van der Waals surface area contributed by atoms with E-state index in [9.17, 15) is 0 Å². The summed E-state index contributed by atoms with van der Waals surface area (Å²) in [5.74, 6) is 1.95. The van der Waals surface area contributed by atoms with Crippen LogP contribution < -0.4 is 5.32 Å². The summed E-state index contributed by atoms with van der Waals surface area (Å²) in [5, 5.41) is 3.23. The van der Waals surface area contributed by atoms with Crippen molar-refractivity contribution in [2.45, 2.75) is 24.5 Å². The summed E-state index contributed by atoms with van der Waals surface area (Å²) in [6.07, 6.45) is 1.86. The van der Waals surface area contributed by atoms with Gasteiger partial charge in [0.1, 0.15) is 5.82 Å². The molecule has 0 atom stereocenters. The van der Waals surface area contributed by atoms with Gasteiger partial charge in [0.2, 0.25) is 0 Å². The first-order valence-corrected chi connectivity index (χ1v) is 7.15. The Hall–Kier alpha value is -1.48. The molecule has 0 spiro atoms. The molecule has 3 heteroatoms. The number of hydrogen-bond donors (Lipinski definition) is 1. The van der Waals surface area contributed by atoms with E-state index in [1.165, 1.54) is 16.0 Å². The smallest absolute Gasteiger partial charge is 0.126 e. The number of benzene rings is 1. The molecule has 0 radical (unpaired) electrons. The molecule has 0 unspecified atom stereocenters. The van der Waals surface area contributed by atoms with E-state index in [1.807, 2.05) is 18.0 Å². The molecular weight excluding hydrogens is 240 g/mol. The first-order valence-electron chi connectivity index (χ1n) is 6.16. The maximum atomic E-state index is 4.27. The Bertz CT molecular complexity index is 511. The van der Waals surface area contributed by atoms with E-state index in [4.69, 9.17) is 0 Å². The molecule has 0 bridgehead atoms. The molecule has 18 heavy (non-hydrogen) atoms. The third kappa shape index (κ3) is 3.77.